The molecule has 0 unspecified atom stereocenters. The molecule has 6 heteroatoms. The third-order valence-corrected chi connectivity index (χ3v) is 5.42. The predicted molar refractivity (Wildman–Crippen MR) is 98.4 cm³/mol. The summed E-state index contributed by atoms with van der Waals surface area (Å²) in [6, 6.07) is 11.7. The summed E-state index contributed by atoms with van der Waals surface area (Å²) in [5.41, 5.74) is 3.36. The predicted octanol–water partition coefficient (Wildman–Crippen LogP) is 4.58. The first-order valence-electron chi connectivity index (χ1n) is 7.42. The molecule has 0 atom stereocenters. The number of anilines is 2. The van der Waals surface area contributed by atoms with Gasteiger partial charge in [0.1, 0.15) is 5.69 Å². The maximum Gasteiger partial charge on any atom is 0.190 e. The van der Waals surface area contributed by atoms with Crippen LogP contribution in [0.5, 0.6) is 0 Å². The number of rotatable bonds is 6. The summed E-state index contributed by atoms with van der Waals surface area (Å²) in [7, 11) is 0. The fraction of sp³-hybridized carbons (Fsp3) is 0.167. The smallest absolute Gasteiger partial charge is 0.190 e. The van der Waals surface area contributed by atoms with Gasteiger partial charge in [-0.1, -0.05) is 0 Å². The number of thiophene rings is 1. The lowest BCUT2D eigenvalue weighted by molar-refractivity contribution is 0.111. The average Bonchev–Trinajstić information content (AvgIpc) is 3.25. The van der Waals surface area contributed by atoms with Crippen LogP contribution in [-0.2, 0) is 6.42 Å². The molecule has 3 rings (SSSR count). The van der Waals surface area contributed by atoms with E-state index in [9.17, 15) is 4.79 Å². The van der Waals surface area contributed by atoms with E-state index in [0.717, 1.165) is 34.9 Å². The summed E-state index contributed by atoms with van der Waals surface area (Å²) >= 11 is 3.19. The van der Waals surface area contributed by atoms with Crippen LogP contribution in [0.25, 0.3) is 0 Å². The van der Waals surface area contributed by atoms with Gasteiger partial charge in [-0.15, -0.1) is 11.3 Å². The number of nitrogens with zero attached hydrogens (tertiary/aromatic N) is 3. The standard InChI is InChI=1S/C18H15N3OS2/c1-13-17(11-22)20-18(24-13)21(8-6-15-7-9-23-12-15)16-4-2-14(10-19)3-5-16/h2-5,7,9,11-12H,6,8H2,1H3. The van der Waals surface area contributed by atoms with Crippen molar-refractivity contribution in [3.05, 3.63) is 62.8 Å². The number of benzene rings is 1. The van der Waals surface area contributed by atoms with Crippen LogP contribution >= 0.6 is 22.7 Å². The molecule has 0 aliphatic heterocycles. The molecule has 0 saturated heterocycles. The second-order valence-electron chi connectivity index (χ2n) is 5.25. The second-order valence-corrected chi connectivity index (χ2v) is 7.21. The maximum atomic E-state index is 11.1. The monoisotopic (exact) mass is 353 g/mol. The van der Waals surface area contributed by atoms with Gasteiger partial charge in [0.05, 0.1) is 11.6 Å². The summed E-state index contributed by atoms with van der Waals surface area (Å²) in [5.74, 6) is 0. The molecule has 24 heavy (non-hydrogen) atoms. The van der Waals surface area contributed by atoms with Gasteiger partial charge in [0.2, 0.25) is 0 Å². The quantitative estimate of drug-likeness (QED) is 0.609. The summed E-state index contributed by atoms with van der Waals surface area (Å²) < 4.78 is 0. The van der Waals surface area contributed by atoms with Crippen LogP contribution in [0.2, 0.25) is 0 Å². The van der Waals surface area contributed by atoms with Crippen molar-refractivity contribution in [3.8, 4) is 6.07 Å². The van der Waals surface area contributed by atoms with Crippen molar-refractivity contribution in [2.75, 3.05) is 11.4 Å². The van der Waals surface area contributed by atoms with Crippen molar-refractivity contribution >= 4 is 39.8 Å². The highest BCUT2D eigenvalue weighted by Crippen LogP contribution is 2.31. The van der Waals surface area contributed by atoms with Crippen molar-refractivity contribution in [3.63, 3.8) is 0 Å². The lowest BCUT2D eigenvalue weighted by atomic mass is 10.2. The largest absolute Gasteiger partial charge is 0.317 e. The third kappa shape index (κ3) is 3.53. The van der Waals surface area contributed by atoms with E-state index in [1.54, 1.807) is 23.5 Å². The van der Waals surface area contributed by atoms with Gasteiger partial charge in [-0.05, 0) is 60.0 Å². The highest BCUT2D eigenvalue weighted by molar-refractivity contribution is 7.15. The third-order valence-electron chi connectivity index (χ3n) is 3.68. The van der Waals surface area contributed by atoms with Gasteiger partial charge in [-0.2, -0.15) is 16.6 Å². The SMILES string of the molecule is Cc1sc(N(CCc2ccsc2)c2ccc(C#N)cc2)nc1C=O. The highest BCUT2D eigenvalue weighted by Gasteiger charge is 2.16. The molecule has 0 amide bonds. The number of aromatic nitrogens is 1. The van der Waals surface area contributed by atoms with E-state index in [1.165, 1.54) is 16.9 Å². The number of aldehydes is 1. The fourth-order valence-corrected chi connectivity index (χ4v) is 3.97. The molecular weight excluding hydrogens is 338 g/mol. The first-order chi connectivity index (χ1) is 11.7. The second kappa shape index (κ2) is 7.39. The lowest BCUT2D eigenvalue weighted by Gasteiger charge is -2.22. The number of carbonyl (C=O) groups excluding carboxylic acids is 1. The van der Waals surface area contributed by atoms with Crippen LogP contribution in [-0.4, -0.2) is 17.8 Å². The number of thiazole rings is 1. The molecule has 0 aliphatic rings. The number of aryl methyl sites for hydroxylation is 1. The minimum atomic E-state index is 0.490. The van der Waals surface area contributed by atoms with Gasteiger partial charge < -0.3 is 4.90 Å². The molecular formula is C18H15N3OS2. The van der Waals surface area contributed by atoms with Crippen LogP contribution in [0.15, 0.2) is 41.1 Å². The molecule has 0 saturated carbocycles. The summed E-state index contributed by atoms with van der Waals surface area (Å²) in [6.45, 7) is 2.66. The van der Waals surface area contributed by atoms with Crippen molar-refractivity contribution in [1.82, 2.24) is 4.98 Å². The number of carbonyl (C=O) groups is 1. The van der Waals surface area contributed by atoms with Gasteiger partial charge in [0.15, 0.2) is 11.4 Å². The Balaban J connectivity index is 1.92. The van der Waals surface area contributed by atoms with Crippen molar-refractivity contribution in [1.29, 1.82) is 5.26 Å². The van der Waals surface area contributed by atoms with Crippen molar-refractivity contribution < 1.29 is 4.79 Å². The molecule has 120 valence electrons. The average molecular weight is 353 g/mol. The minimum absolute atomic E-state index is 0.490. The topological polar surface area (TPSA) is 57.0 Å². The van der Waals surface area contributed by atoms with E-state index in [-0.39, 0.29) is 0 Å². The molecule has 2 heterocycles. The van der Waals surface area contributed by atoms with Crippen LogP contribution < -0.4 is 4.90 Å². The Hall–Kier alpha value is -2.49. The minimum Gasteiger partial charge on any atom is -0.317 e. The Bertz CT molecular complexity index is 861. The van der Waals surface area contributed by atoms with Gasteiger partial charge >= 0.3 is 0 Å². The summed E-state index contributed by atoms with van der Waals surface area (Å²) in [6.07, 6.45) is 1.68. The van der Waals surface area contributed by atoms with E-state index >= 15 is 0 Å². The summed E-state index contributed by atoms with van der Waals surface area (Å²) in [4.78, 5) is 18.6. The van der Waals surface area contributed by atoms with Crippen LogP contribution in [0.1, 0.15) is 26.5 Å². The van der Waals surface area contributed by atoms with Crippen molar-refractivity contribution in [2.45, 2.75) is 13.3 Å². The molecule has 4 nitrogen and oxygen atoms in total. The highest BCUT2D eigenvalue weighted by atomic mass is 32.1. The fourth-order valence-electron chi connectivity index (χ4n) is 2.35. The zero-order chi connectivity index (χ0) is 16.9. The molecule has 0 N–H and O–H groups in total. The Morgan fingerprint density at radius 1 is 1.29 bits per heavy atom. The van der Waals surface area contributed by atoms with Gasteiger partial charge in [0, 0.05) is 17.1 Å². The Labute approximate surface area is 148 Å². The normalized spacial score (nSPS) is 10.3. The van der Waals surface area contributed by atoms with Gasteiger partial charge in [-0.25, -0.2) is 4.98 Å². The van der Waals surface area contributed by atoms with E-state index in [4.69, 9.17) is 5.26 Å². The number of hydrogen-bond donors (Lipinski definition) is 0. The van der Waals surface area contributed by atoms with Crippen LogP contribution in [0.4, 0.5) is 10.8 Å². The van der Waals surface area contributed by atoms with Gasteiger partial charge in [-0.3, -0.25) is 4.79 Å². The molecule has 0 aliphatic carbocycles. The van der Waals surface area contributed by atoms with Gasteiger partial charge in [0.25, 0.3) is 0 Å². The zero-order valence-corrected chi connectivity index (χ0v) is 14.7. The van der Waals surface area contributed by atoms with E-state index in [0.29, 0.717) is 11.3 Å². The molecule has 0 bridgehead atoms. The van der Waals surface area contributed by atoms with Crippen LogP contribution in [0.3, 0.4) is 0 Å². The molecule has 0 radical (unpaired) electrons. The molecule has 0 fully saturated rings. The Morgan fingerprint density at radius 2 is 2.08 bits per heavy atom. The Kier molecular flexibility index (Phi) is 5.04. The first-order valence-corrected chi connectivity index (χ1v) is 9.18. The van der Waals surface area contributed by atoms with E-state index in [1.807, 2.05) is 19.1 Å². The Morgan fingerprint density at radius 3 is 2.67 bits per heavy atom. The lowest BCUT2D eigenvalue weighted by Crippen LogP contribution is -2.20. The molecule has 0 spiro atoms. The summed E-state index contributed by atoms with van der Waals surface area (Å²) in [5, 5.41) is 14.0. The van der Waals surface area contributed by atoms with E-state index < -0.39 is 0 Å². The number of hydrogen-bond acceptors (Lipinski definition) is 6. The molecule has 2 aromatic heterocycles. The molecule has 3 aromatic rings. The first kappa shape index (κ1) is 16.4. The van der Waals surface area contributed by atoms with E-state index in [2.05, 4.69) is 32.8 Å². The zero-order valence-electron chi connectivity index (χ0n) is 13.1. The maximum absolute atomic E-state index is 11.1. The van der Waals surface area contributed by atoms with Crippen LogP contribution in [0, 0.1) is 18.3 Å². The van der Waals surface area contributed by atoms with Crippen molar-refractivity contribution in [2.24, 2.45) is 0 Å². The molecule has 1 aromatic carbocycles. The number of nitriles is 1.